The maximum atomic E-state index is 11.6. The second-order valence-corrected chi connectivity index (χ2v) is 4.89. The summed E-state index contributed by atoms with van der Waals surface area (Å²) in [7, 11) is 0. The Bertz CT molecular complexity index is 425. The van der Waals surface area contributed by atoms with Gasteiger partial charge in [0.25, 0.3) is 0 Å². The molecular formula is C15H18O3. The summed E-state index contributed by atoms with van der Waals surface area (Å²) in [6.45, 7) is 1.77. The van der Waals surface area contributed by atoms with Crippen LogP contribution < -0.4 is 0 Å². The highest BCUT2D eigenvalue weighted by Crippen LogP contribution is 2.41. The van der Waals surface area contributed by atoms with E-state index in [9.17, 15) is 9.59 Å². The van der Waals surface area contributed by atoms with Crippen LogP contribution in [0.3, 0.4) is 0 Å². The lowest BCUT2D eigenvalue weighted by molar-refractivity contribution is -0.141. The van der Waals surface area contributed by atoms with E-state index in [0.29, 0.717) is 25.2 Å². The minimum atomic E-state index is -0.0901. The maximum Gasteiger partial charge on any atom is 0.306 e. The minimum Gasteiger partial charge on any atom is -0.462 e. The monoisotopic (exact) mass is 246 g/mol. The van der Waals surface area contributed by atoms with Gasteiger partial charge >= 0.3 is 5.97 Å². The molecule has 0 radical (unpaired) electrons. The number of rotatable bonds is 4. The molecule has 0 unspecified atom stereocenters. The fourth-order valence-corrected chi connectivity index (χ4v) is 2.76. The van der Waals surface area contributed by atoms with Crippen LogP contribution in [0.25, 0.3) is 0 Å². The standard InChI is InChI=1S/C15H18O3/c1-2-3-4-5-12(16)8-6-11-7-9-14-13(11)10-15(17)18-14/h6,8,11,13-14H,4-5,7,9-10H2,1H3/t11-,13+,14-/m0/s1. The highest BCUT2D eigenvalue weighted by atomic mass is 16.5. The molecule has 0 amide bonds. The molecule has 1 heterocycles. The number of ether oxygens (including phenoxy) is 1. The zero-order valence-electron chi connectivity index (χ0n) is 10.6. The molecule has 0 aromatic carbocycles. The van der Waals surface area contributed by atoms with Crippen LogP contribution in [0, 0.1) is 23.7 Å². The Morgan fingerprint density at radius 1 is 1.50 bits per heavy atom. The molecule has 0 aromatic rings. The van der Waals surface area contributed by atoms with E-state index >= 15 is 0 Å². The van der Waals surface area contributed by atoms with Gasteiger partial charge in [-0.15, -0.1) is 11.8 Å². The van der Waals surface area contributed by atoms with Crippen molar-refractivity contribution >= 4 is 11.8 Å². The highest BCUT2D eigenvalue weighted by molar-refractivity contribution is 5.89. The number of esters is 1. The number of hydrogen-bond donors (Lipinski definition) is 0. The van der Waals surface area contributed by atoms with E-state index in [1.54, 1.807) is 13.0 Å². The van der Waals surface area contributed by atoms with Gasteiger partial charge in [0.15, 0.2) is 5.78 Å². The molecule has 1 saturated heterocycles. The van der Waals surface area contributed by atoms with Gasteiger partial charge in [-0.3, -0.25) is 9.59 Å². The van der Waals surface area contributed by atoms with E-state index in [-0.39, 0.29) is 23.8 Å². The van der Waals surface area contributed by atoms with Gasteiger partial charge in [0.1, 0.15) is 6.10 Å². The smallest absolute Gasteiger partial charge is 0.306 e. The largest absolute Gasteiger partial charge is 0.462 e. The maximum absolute atomic E-state index is 11.6. The molecule has 0 aromatic heterocycles. The van der Waals surface area contributed by atoms with Crippen molar-refractivity contribution in [1.82, 2.24) is 0 Å². The predicted octanol–water partition coefficient (Wildman–Crippen LogP) is 2.26. The number of hydrogen-bond acceptors (Lipinski definition) is 3. The van der Waals surface area contributed by atoms with Gasteiger partial charge in [0.2, 0.25) is 0 Å². The molecular weight excluding hydrogens is 228 g/mol. The van der Waals surface area contributed by atoms with Crippen molar-refractivity contribution < 1.29 is 14.3 Å². The van der Waals surface area contributed by atoms with Crippen molar-refractivity contribution in [3.63, 3.8) is 0 Å². The van der Waals surface area contributed by atoms with E-state index in [0.717, 1.165) is 12.8 Å². The van der Waals surface area contributed by atoms with Crippen molar-refractivity contribution in [2.75, 3.05) is 0 Å². The van der Waals surface area contributed by atoms with E-state index in [4.69, 9.17) is 4.74 Å². The van der Waals surface area contributed by atoms with Gasteiger partial charge in [-0.25, -0.2) is 0 Å². The van der Waals surface area contributed by atoms with Crippen molar-refractivity contribution in [2.45, 2.75) is 45.1 Å². The Morgan fingerprint density at radius 3 is 3.11 bits per heavy atom. The van der Waals surface area contributed by atoms with Crippen LogP contribution in [0.2, 0.25) is 0 Å². The van der Waals surface area contributed by atoms with Gasteiger partial charge in [-0.2, -0.15) is 0 Å². The van der Waals surface area contributed by atoms with Crippen molar-refractivity contribution in [3.05, 3.63) is 12.2 Å². The molecule has 2 rings (SSSR count). The van der Waals surface area contributed by atoms with Gasteiger partial charge in [-0.1, -0.05) is 6.08 Å². The van der Waals surface area contributed by atoms with Crippen LogP contribution in [0.5, 0.6) is 0 Å². The Hall–Kier alpha value is -1.56. The van der Waals surface area contributed by atoms with Crippen molar-refractivity contribution in [3.8, 4) is 11.8 Å². The molecule has 18 heavy (non-hydrogen) atoms. The summed E-state index contributed by atoms with van der Waals surface area (Å²) in [5.41, 5.74) is 0. The summed E-state index contributed by atoms with van der Waals surface area (Å²) in [5, 5.41) is 0. The number of ketones is 1. The van der Waals surface area contributed by atoms with Gasteiger partial charge in [0.05, 0.1) is 6.42 Å². The fourth-order valence-electron chi connectivity index (χ4n) is 2.76. The number of carbonyl (C=O) groups excluding carboxylic acids is 2. The normalized spacial score (nSPS) is 29.8. The first kappa shape index (κ1) is 12.9. The van der Waals surface area contributed by atoms with Crippen molar-refractivity contribution in [2.24, 2.45) is 11.8 Å². The third-order valence-corrected chi connectivity index (χ3v) is 3.70. The summed E-state index contributed by atoms with van der Waals surface area (Å²) >= 11 is 0. The Kier molecular flexibility index (Phi) is 4.19. The van der Waals surface area contributed by atoms with Crippen LogP contribution >= 0.6 is 0 Å². The summed E-state index contributed by atoms with van der Waals surface area (Å²) in [6.07, 6.45) is 7.28. The molecule has 0 bridgehead atoms. The van der Waals surface area contributed by atoms with Crippen LogP contribution in [0.1, 0.15) is 39.0 Å². The summed E-state index contributed by atoms with van der Waals surface area (Å²) < 4.78 is 5.23. The first-order valence-electron chi connectivity index (χ1n) is 6.51. The summed E-state index contributed by atoms with van der Waals surface area (Å²) in [6, 6.07) is 0. The molecule has 1 aliphatic heterocycles. The summed E-state index contributed by atoms with van der Waals surface area (Å²) in [4.78, 5) is 22.8. The highest BCUT2D eigenvalue weighted by Gasteiger charge is 2.43. The Labute approximate surface area is 108 Å². The van der Waals surface area contributed by atoms with E-state index < -0.39 is 0 Å². The number of allylic oxidation sites excluding steroid dienone is 2. The summed E-state index contributed by atoms with van der Waals surface area (Å²) in [5.74, 6) is 6.29. The SMILES string of the molecule is CC#CCCC(=O)C=C[C@H]1CC[C@@H]2OC(=O)C[C@@H]21. The average molecular weight is 246 g/mol. The molecule has 3 heteroatoms. The molecule has 0 spiro atoms. The lowest BCUT2D eigenvalue weighted by atomic mass is 9.92. The molecule has 0 N–H and O–H groups in total. The lowest BCUT2D eigenvalue weighted by Crippen LogP contribution is -2.12. The average Bonchev–Trinajstić information content (AvgIpc) is 2.86. The predicted molar refractivity (Wildman–Crippen MR) is 67.5 cm³/mol. The van der Waals surface area contributed by atoms with E-state index in [1.807, 2.05) is 6.08 Å². The number of carbonyl (C=O) groups is 2. The molecule has 1 saturated carbocycles. The first-order chi connectivity index (χ1) is 8.70. The zero-order chi connectivity index (χ0) is 13.0. The zero-order valence-corrected chi connectivity index (χ0v) is 10.6. The number of fused-ring (bicyclic) bond motifs is 1. The van der Waals surface area contributed by atoms with Crippen LogP contribution in [0.4, 0.5) is 0 Å². The topological polar surface area (TPSA) is 43.4 Å². The fraction of sp³-hybridized carbons (Fsp3) is 0.600. The first-order valence-corrected chi connectivity index (χ1v) is 6.51. The van der Waals surface area contributed by atoms with E-state index in [2.05, 4.69) is 11.8 Å². The second-order valence-electron chi connectivity index (χ2n) is 4.89. The Morgan fingerprint density at radius 2 is 2.33 bits per heavy atom. The van der Waals surface area contributed by atoms with Crippen LogP contribution in [-0.2, 0) is 14.3 Å². The van der Waals surface area contributed by atoms with Crippen molar-refractivity contribution in [1.29, 1.82) is 0 Å². The molecule has 2 fully saturated rings. The molecule has 2 aliphatic rings. The van der Waals surface area contributed by atoms with Gasteiger partial charge < -0.3 is 4.74 Å². The van der Waals surface area contributed by atoms with Crippen LogP contribution in [-0.4, -0.2) is 17.9 Å². The van der Waals surface area contributed by atoms with Gasteiger partial charge in [0, 0.05) is 18.8 Å². The quantitative estimate of drug-likeness (QED) is 0.434. The van der Waals surface area contributed by atoms with Crippen LogP contribution in [0.15, 0.2) is 12.2 Å². The minimum absolute atomic E-state index is 0.0901. The van der Waals surface area contributed by atoms with E-state index in [1.165, 1.54) is 0 Å². The lowest BCUT2D eigenvalue weighted by Gasteiger charge is -2.10. The molecule has 3 nitrogen and oxygen atoms in total. The third kappa shape index (κ3) is 3.01. The second kappa shape index (κ2) is 5.86. The Balaban J connectivity index is 1.83. The molecule has 96 valence electrons. The molecule has 1 aliphatic carbocycles. The van der Waals surface area contributed by atoms with Gasteiger partial charge in [-0.05, 0) is 31.8 Å². The molecule has 3 atom stereocenters. The third-order valence-electron chi connectivity index (χ3n) is 3.70.